The molecule has 0 aromatic carbocycles. The molecule has 0 aliphatic carbocycles. The lowest BCUT2D eigenvalue weighted by atomic mass is 10.2. The molecule has 1 rings (SSSR count). The van der Waals surface area contributed by atoms with Crippen LogP contribution >= 0.6 is 10.7 Å². The van der Waals surface area contributed by atoms with Crippen molar-refractivity contribution in [1.29, 1.82) is 0 Å². The summed E-state index contributed by atoms with van der Waals surface area (Å²) in [5, 5.41) is -0.0941. The fourth-order valence-corrected chi connectivity index (χ4v) is 2.25. The van der Waals surface area contributed by atoms with Crippen molar-refractivity contribution in [1.82, 2.24) is 9.55 Å². The van der Waals surface area contributed by atoms with Crippen molar-refractivity contribution >= 4 is 19.7 Å². The number of hydrogen-bond acceptors (Lipinski definition) is 4. The highest BCUT2D eigenvalue weighted by Gasteiger charge is 2.19. The van der Waals surface area contributed by atoms with E-state index >= 15 is 0 Å². The molecule has 0 radical (unpaired) electrons. The van der Waals surface area contributed by atoms with Crippen LogP contribution in [-0.2, 0) is 20.3 Å². The van der Waals surface area contributed by atoms with Crippen molar-refractivity contribution in [3.63, 3.8) is 0 Å². The lowest BCUT2D eigenvalue weighted by Crippen LogP contribution is -2.10. The first-order chi connectivity index (χ1) is 8.36. The highest BCUT2D eigenvalue weighted by Crippen LogP contribution is 2.19. The molecule has 7 heteroatoms. The SMILES string of the molecule is CCCOCCn1cc(S(=O)(=O)Cl)nc1C(C)C. The molecule has 0 saturated heterocycles. The standard InChI is InChI=1S/C11H19ClN2O3S/c1-4-6-17-7-5-14-8-10(18(12,15)16)13-11(14)9(2)3/h8-9H,4-7H2,1-3H3. The van der Waals surface area contributed by atoms with E-state index in [0.29, 0.717) is 25.6 Å². The van der Waals surface area contributed by atoms with E-state index in [0.717, 1.165) is 6.42 Å². The zero-order valence-electron chi connectivity index (χ0n) is 10.9. The van der Waals surface area contributed by atoms with Crippen molar-refractivity contribution < 1.29 is 13.2 Å². The van der Waals surface area contributed by atoms with Crippen LogP contribution in [0.15, 0.2) is 11.2 Å². The number of ether oxygens (including phenoxy) is 1. The Bertz CT molecular complexity index is 482. The summed E-state index contributed by atoms with van der Waals surface area (Å²) in [5.74, 6) is 0.831. The number of halogens is 1. The maximum atomic E-state index is 11.3. The van der Waals surface area contributed by atoms with Gasteiger partial charge in [-0.15, -0.1) is 0 Å². The van der Waals surface area contributed by atoms with E-state index in [1.165, 1.54) is 6.20 Å². The highest BCUT2D eigenvalue weighted by molar-refractivity contribution is 8.13. The Kier molecular flexibility index (Phi) is 5.62. The van der Waals surface area contributed by atoms with Gasteiger partial charge < -0.3 is 9.30 Å². The second kappa shape index (κ2) is 6.54. The van der Waals surface area contributed by atoms with Gasteiger partial charge in [-0.2, -0.15) is 0 Å². The number of nitrogens with zero attached hydrogens (tertiary/aromatic N) is 2. The third-order valence-electron chi connectivity index (χ3n) is 2.38. The molecule has 0 saturated carbocycles. The first-order valence-electron chi connectivity index (χ1n) is 5.95. The van der Waals surface area contributed by atoms with E-state index in [2.05, 4.69) is 4.98 Å². The molecule has 1 aromatic heterocycles. The quantitative estimate of drug-likeness (QED) is 0.572. The van der Waals surface area contributed by atoms with Gasteiger partial charge in [0, 0.05) is 35.9 Å². The normalized spacial score (nSPS) is 12.3. The predicted molar refractivity (Wildman–Crippen MR) is 70.5 cm³/mol. The van der Waals surface area contributed by atoms with Gasteiger partial charge in [-0.3, -0.25) is 0 Å². The fraction of sp³-hybridized carbons (Fsp3) is 0.727. The molecule has 5 nitrogen and oxygen atoms in total. The predicted octanol–water partition coefficient (Wildman–Crippen LogP) is 2.36. The van der Waals surface area contributed by atoms with Crippen molar-refractivity contribution in [2.45, 2.75) is 44.7 Å². The lowest BCUT2D eigenvalue weighted by molar-refractivity contribution is 0.126. The molecular weight excluding hydrogens is 276 g/mol. The summed E-state index contributed by atoms with van der Waals surface area (Å²) in [5.41, 5.74) is 0. The molecule has 0 aliphatic heterocycles. The summed E-state index contributed by atoms with van der Waals surface area (Å²) in [4.78, 5) is 4.07. The van der Waals surface area contributed by atoms with Crippen molar-refractivity contribution in [2.24, 2.45) is 0 Å². The van der Waals surface area contributed by atoms with Crippen LogP contribution in [0.3, 0.4) is 0 Å². The van der Waals surface area contributed by atoms with E-state index in [-0.39, 0.29) is 10.9 Å². The Morgan fingerprint density at radius 1 is 1.44 bits per heavy atom. The van der Waals surface area contributed by atoms with E-state index in [1.54, 1.807) is 4.57 Å². The fourth-order valence-electron chi connectivity index (χ4n) is 1.57. The van der Waals surface area contributed by atoms with Crippen LogP contribution in [0.1, 0.15) is 38.9 Å². The summed E-state index contributed by atoms with van der Waals surface area (Å²) < 4.78 is 29.7. The van der Waals surface area contributed by atoms with Gasteiger partial charge in [0.05, 0.1) is 6.61 Å². The lowest BCUT2D eigenvalue weighted by Gasteiger charge is -2.09. The summed E-state index contributed by atoms with van der Waals surface area (Å²) in [6.45, 7) is 7.76. The van der Waals surface area contributed by atoms with Crippen LogP contribution in [0, 0.1) is 0 Å². The van der Waals surface area contributed by atoms with E-state index in [1.807, 2.05) is 20.8 Å². The zero-order chi connectivity index (χ0) is 13.8. The first-order valence-corrected chi connectivity index (χ1v) is 8.26. The maximum Gasteiger partial charge on any atom is 0.280 e. The van der Waals surface area contributed by atoms with Crippen molar-refractivity contribution in [2.75, 3.05) is 13.2 Å². The molecule has 0 atom stereocenters. The molecule has 0 unspecified atom stereocenters. The minimum absolute atomic E-state index is 0.0941. The Hall–Kier alpha value is -0.590. The molecule has 104 valence electrons. The van der Waals surface area contributed by atoms with Gasteiger partial charge in [-0.25, -0.2) is 13.4 Å². The Morgan fingerprint density at radius 3 is 2.61 bits per heavy atom. The summed E-state index contributed by atoms with van der Waals surface area (Å²) >= 11 is 0. The van der Waals surface area contributed by atoms with E-state index < -0.39 is 9.05 Å². The van der Waals surface area contributed by atoms with Crippen LogP contribution in [-0.4, -0.2) is 31.2 Å². The van der Waals surface area contributed by atoms with Crippen LogP contribution in [0.25, 0.3) is 0 Å². The average molecular weight is 295 g/mol. The smallest absolute Gasteiger partial charge is 0.280 e. The number of rotatable bonds is 7. The molecule has 0 fully saturated rings. The van der Waals surface area contributed by atoms with Gasteiger partial charge in [-0.1, -0.05) is 20.8 Å². The molecular formula is C11H19ClN2O3S. The molecule has 18 heavy (non-hydrogen) atoms. The van der Waals surface area contributed by atoms with Crippen LogP contribution in [0.4, 0.5) is 0 Å². The Morgan fingerprint density at radius 2 is 2.11 bits per heavy atom. The highest BCUT2D eigenvalue weighted by atomic mass is 35.7. The summed E-state index contributed by atoms with van der Waals surface area (Å²) in [6.07, 6.45) is 2.43. The van der Waals surface area contributed by atoms with Crippen LogP contribution in [0.2, 0.25) is 0 Å². The third kappa shape index (κ3) is 4.26. The largest absolute Gasteiger partial charge is 0.380 e. The second-order valence-corrected chi connectivity index (χ2v) is 6.85. The maximum absolute atomic E-state index is 11.3. The third-order valence-corrected chi connectivity index (χ3v) is 3.55. The van der Waals surface area contributed by atoms with Gasteiger partial charge in [0.2, 0.25) is 0 Å². The summed E-state index contributed by atoms with van der Waals surface area (Å²) in [6, 6.07) is 0. The Labute approximate surface area is 113 Å². The Balaban J connectivity index is 2.85. The van der Waals surface area contributed by atoms with Crippen molar-refractivity contribution in [3.8, 4) is 0 Å². The molecule has 0 spiro atoms. The first kappa shape index (κ1) is 15.5. The minimum atomic E-state index is -3.77. The molecule has 0 aliphatic rings. The minimum Gasteiger partial charge on any atom is -0.380 e. The van der Waals surface area contributed by atoms with E-state index in [9.17, 15) is 8.42 Å². The van der Waals surface area contributed by atoms with E-state index in [4.69, 9.17) is 15.4 Å². The van der Waals surface area contributed by atoms with Gasteiger partial charge in [0.15, 0.2) is 5.03 Å². The van der Waals surface area contributed by atoms with Crippen LogP contribution in [0.5, 0.6) is 0 Å². The van der Waals surface area contributed by atoms with Gasteiger partial charge in [-0.05, 0) is 6.42 Å². The number of aromatic nitrogens is 2. The average Bonchev–Trinajstić information content (AvgIpc) is 2.68. The van der Waals surface area contributed by atoms with Crippen molar-refractivity contribution in [3.05, 3.63) is 12.0 Å². The molecule has 0 N–H and O–H groups in total. The van der Waals surface area contributed by atoms with Crippen LogP contribution < -0.4 is 0 Å². The zero-order valence-corrected chi connectivity index (χ0v) is 12.5. The van der Waals surface area contributed by atoms with Gasteiger partial charge >= 0.3 is 0 Å². The summed E-state index contributed by atoms with van der Waals surface area (Å²) in [7, 11) is 1.52. The van der Waals surface area contributed by atoms with Gasteiger partial charge in [0.1, 0.15) is 5.82 Å². The second-order valence-electron chi connectivity index (χ2n) is 4.34. The molecule has 0 bridgehead atoms. The molecule has 0 amide bonds. The topological polar surface area (TPSA) is 61.2 Å². The molecule has 1 aromatic rings. The van der Waals surface area contributed by atoms with Gasteiger partial charge in [0.25, 0.3) is 9.05 Å². The molecule has 1 heterocycles. The monoisotopic (exact) mass is 294 g/mol. The number of hydrogen-bond donors (Lipinski definition) is 0. The number of imidazole rings is 1.